The van der Waals surface area contributed by atoms with E-state index in [1.165, 1.54) is 0 Å². The highest BCUT2D eigenvalue weighted by Gasteiger charge is 2.25. The Morgan fingerprint density at radius 1 is 1.26 bits per heavy atom. The third-order valence-corrected chi connectivity index (χ3v) is 4.98. The minimum atomic E-state index is -0.0262. The van der Waals surface area contributed by atoms with Crippen LogP contribution < -0.4 is 9.64 Å². The van der Waals surface area contributed by atoms with Gasteiger partial charge in [0.1, 0.15) is 5.75 Å². The molecule has 0 fully saturated rings. The second-order valence-electron chi connectivity index (χ2n) is 6.62. The first-order valence-corrected chi connectivity index (χ1v) is 9.22. The lowest BCUT2D eigenvalue weighted by molar-refractivity contribution is 0.0988. The number of hydrogen-bond acceptors (Lipinski definition) is 4. The smallest absolute Gasteiger partial charge is 0.258 e. The first-order chi connectivity index (χ1) is 13.3. The zero-order valence-corrected chi connectivity index (χ0v) is 15.3. The Labute approximate surface area is 158 Å². The van der Waals surface area contributed by atoms with Gasteiger partial charge >= 0.3 is 0 Å². The van der Waals surface area contributed by atoms with Crippen molar-refractivity contribution >= 4 is 11.6 Å². The van der Waals surface area contributed by atoms with Gasteiger partial charge in [0.05, 0.1) is 12.9 Å². The van der Waals surface area contributed by atoms with Gasteiger partial charge in [0.25, 0.3) is 5.91 Å². The highest BCUT2D eigenvalue weighted by molar-refractivity contribution is 6.06. The molecule has 0 spiro atoms. The summed E-state index contributed by atoms with van der Waals surface area (Å²) >= 11 is 0. The van der Waals surface area contributed by atoms with Gasteiger partial charge in [0, 0.05) is 42.1 Å². The molecule has 1 amide bonds. The number of hydrogen-bond donors (Lipinski definition) is 1. The lowest BCUT2D eigenvalue weighted by Crippen LogP contribution is -2.31. The first kappa shape index (κ1) is 17.3. The third-order valence-electron chi connectivity index (χ3n) is 4.98. The molecule has 4 rings (SSSR count). The summed E-state index contributed by atoms with van der Waals surface area (Å²) in [5.41, 5.74) is 3.78. The zero-order chi connectivity index (χ0) is 18.6. The van der Waals surface area contributed by atoms with Crippen LogP contribution in [0.2, 0.25) is 0 Å². The van der Waals surface area contributed by atoms with Crippen molar-refractivity contribution in [1.29, 1.82) is 0 Å². The van der Waals surface area contributed by atoms with E-state index in [0.717, 1.165) is 35.5 Å². The second kappa shape index (κ2) is 7.61. The van der Waals surface area contributed by atoms with Crippen LogP contribution in [0.25, 0.3) is 0 Å². The van der Waals surface area contributed by atoms with Crippen LogP contribution in [0.3, 0.4) is 0 Å². The number of nitrogens with zero attached hydrogens (tertiary/aromatic N) is 3. The molecule has 0 aliphatic carbocycles. The summed E-state index contributed by atoms with van der Waals surface area (Å²) in [4.78, 5) is 26.0. The number of carbonyl (C=O) groups is 1. The highest BCUT2D eigenvalue weighted by Crippen LogP contribution is 2.38. The standard InChI is InChI=1S/C21H22N4O2/c1-2-25(21(26)15-5-8-22-9-6-15)18-3-4-20-19(12-18)16(7-10-27-20)11-17-13-23-14-24-17/h3-6,8-9,12-14,16H,2,7,10-11H2,1H3,(H,23,24). The van der Waals surface area contributed by atoms with E-state index in [4.69, 9.17) is 4.74 Å². The van der Waals surface area contributed by atoms with Crippen molar-refractivity contribution in [3.8, 4) is 5.75 Å². The van der Waals surface area contributed by atoms with Gasteiger partial charge in [0.15, 0.2) is 0 Å². The Kier molecular flexibility index (Phi) is 4.87. The van der Waals surface area contributed by atoms with Crippen molar-refractivity contribution < 1.29 is 9.53 Å². The molecular weight excluding hydrogens is 340 g/mol. The summed E-state index contributed by atoms with van der Waals surface area (Å²) in [6.07, 6.45) is 8.68. The van der Waals surface area contributed by atoms with Crippen molar-refractivity contribution in [3.63, 3.8) is 0 Å². The van der Waals surface area contributed by atoms with E-state index in [2.05, 4.69) is 21.0 Å². The van der Waals surface area contributed by atoms with Crippen LogP contribution in [-0.4, -0.2) is 34.0 Å². The third kappa shape index (κ3) is 3.56. The van der Waals surface area contributed by atoms with Gasteiger partial charge in [-0.3, -0.25) is 9.78 Å². The molecule has 27 heavy (non-hydrogen) atoms. The molecule has 6 nitrogen and oxygen atoms in total. The van der Waals surface area contributed by atoms with Gasteiger partial charge in [-0.2, -0.15) is 0 Å². The predicted molar refractivity (Wildman–Crippen MR) is 103 cm³/mol. The molecule has 6 heteroatoms. The normalized spacial score (nSPS) is 15.7. The monoisotopic (exact) mass is 362 g/mol. The van der Waals surface area contributed by atoms with E-state index in [1.54, 1.807) is 35.8 Å². The number of imidazole rings is 1. The van der Waals surface area contributed by atoms with Gasteiger partial charge in [-0.15, -0.1) is 0 Å². The minimum absolute atomic E-state index is 0.0262. The van der Waals surface area contributed by atoms with Gasteiger partial charge in [0.2, 0.25) is 0 Å². The van der Waals surface area contributed by atoms with Gasteiger partial charge < -0.3 is 14.6 Å². The predicted octanol–water partition coefficient (Wildman–Crippen LogP) is 3.58. The van der Waals surface area contributed by atoms with Gasteiger partial charge in [-0.1, -0.05) is 0 Å². The fourth-order valence-corrected chi connectivity index (χ4v) is 3.59. The number of rotatable bonds is 5. The molecular formula is C21H22N4O2. The molecule has 0 saturated heterocycles. The number of aromatic amines is 1. The molecule has 138 valence electrons. The number of H-pyrrole nitrogens is 1. The number of anilines is 1. The summed E-state index contributed by atoms with van der Waals surface area (Å²) in [6.45, 7) is 3.28. The zero-order valence-electron chi connectivity index (χ0n) is 15.3. The fourth-order valence-electron chi connectivity index (χ4n) is 3.59. The Balaban J connectivity index is 1.65. The molecule has 1 atom stereocenters. The molecule has 1 unspecified atom stereocenters. The molecule has 1 aromatic carbocycles. The number of benzene rings is 1. The number of ether oxygens (including phenoxy) is 1. The summed E-state index contributed by atoms with van der Waals surface area (Å²) in [7, 11) is 0. The molecule has 1 N–H and O–H groups in total. The molecule has 0 bridgehead atoms. The molecule has 3 aromatic rings. The molecule has 3 heterocycles. The van der Waals surface area contributed by atoms with E-state index >= 15 is 0 Å². The second-order valence-corrected chi connectivity index (χ2v) is 6.62. The quantitative estimate of drug-likeness (QED) is 0.753. The van der Waals surface area contributed by atoms with Crippen molar-refractivity contribution in [2.24, 2.45) is 0 Å². The summed E-state index contributed by atoms with van der Waals surface area (Å²) in [5.74, 6) is 1.22. The first-order valence-electron chi connectivity index (χ1n) is 9.22. The Hall–Kier alpha value is -3.15. The molecule has 2 aromatic heterocycles. The number of aromatic nitrogens is 3. The van der Waals surface area contributed by atoms with Crippen molar-refractivity contribution in [2.75, 3.05) is 18.1 Å². The lowest BCUT2D eigenvalue weighted by atomic mass is 9.89. The van der Waals surface area contributed by atoms with Crippen molar-refractivity contribution in [2.45, 2.75) is 25.7 Å². The van der Waals surface area contributed by atoms with Crippen LogP contribution in [0.15, 0.2) is 55.2 Å². The van der Waals surface area contributed by atoms with E-state index in [0.29, 0.717) is 24.6 Å². The van der Waals surface area contributed by atoms with Crippen LogP contribution in [0.5, 0.6) is 5.75 Å². The van der Waals surface area contributed by atoms with Crippen LogP contribution in [0.4, 0.5) is 5.69 Å². The number of nitrogens with one attached hydrogen (secondary N) is 1. The van der Waals surface area contributed by atoms with Gasteiger partial charge in [-0.05, 0) is 61.6 Å². The molecule has 0 saturated carbocycles. The van der Waals surface area contributed by atoms with E-state index in [-0.39, 0.29) is 5.91 Å². The summed E-state index contributed by atoms with van der Waals surface area (Å²) in [5, 5.41) is 0. The Bertz CT molecular complexity index is 909. The van der Waals surface area contributed by atoms with Crippen molar-refractivity contribution in [3.05, 3.63) is 72.1 Å². The van der Waals surface area contributed by atoms with E-state index in [1.807, 2.05) is 25.3 Å². The van der Waals surface area contributed by atoms with Crippen LogP contribution in [0.1, 0.15) is 40.9 Å². The minimum Gasteiger partial charge on any atom is -0.493 e. The van der Waals surface area contributed by atoms with E-state index in [9.17, 15) is 4.79 Å². The maximum Gasteiger partial charge on any atom is 0.258 e. The molecule has 1 aliphatic rings. The van der Waals surface area contributed by atoms with Gasteiger partial charge in [-0.25, -0.2) is 4.98 Å². The summed E-state index contributed by atoms with van der Waals surface area (Å²) in [6, 6.07) is 9.52. The molecule has 1 aliphatic heterocycles. The number of pyridine rings is 1. The Morgan fingerprint density at radius 3 is 2.85 bits per heavy atom. The number of amides is 1. The average Bonchev–Trinajstić information content (AvgIpc) is 3.22. The van der Waals surface area contributed by atoms with Crippen LogP contribution in [-0.2, 0) is 6.42 Å². The maximum atomic E-state index is 12.9. The fraction of sp³-hybridized carbons (Fsp3) is 0.286. The number of carbonyl (C=O) groups excluding carboxylic acids is 1. The largest absolute Gasteiger partial charge is 0.493 e. The van der Waals surface area contributed by atoms with Crippen LogP contribution >= 0.6 is 0 Å². The molecule has 0 radical (unpaired) electrons. The van der Waals surface area contributed by atoms with Crippen LogP contribution in [0, 0.1) is 0 Å². The topological polar surface area (TPSA) is 71.1 Å². The van der Waals surface area contributed by atoms with E-state index < -0.39 is 0 Å². The summed E-state index contributed by atoms with van der Waals surface area (Å²) < 4.78 is 5.85. The highest BCUT2D eigenvalue weighted by atomic mass is 16.5. The average molecular weight is 362 g/mol. The van der Waals surface area contributed by atoms with Crippen molar-refractivity contribution in [1.82, 2.24) is 15.0 Å². The SMILES string of the molecule is CCN(C(=O)c1ccncc1)c1ccc2c(c1)C(Cc1cnc[nH]1)CCO2. The lowest BCUT2D eigenvalue weighted by Gasteiger charge is -2.28. The Morgan fingerprint density at radius 2 is 2.11 bits per heavy atom. The number of fused-ring (bicyclic) bond motifs is 1. The maximum absolute atomic E-state index is 12.9.